The molecule has 2 N–H and O–H groups in total. The van der Waals surface area contributed by atoms with Gasteiger partial charge in [0.05, 0.1) is 0 Å². The molecule has 21 heavy (non-hydrogen) atoms. The second-order valence-electron chi connectivity index (χ2n) is 6.55. The standard InChI is InChI=1S/C17H23FN2O/c1-11(19)13-3-2-8-20(10-13)17(21)16-9-15(16)12-4-6-14(18)7-5-12/h4-7,11,13,15-16H,2-3,8-10,19H2,1H3/t11-,13+,15+,16+/m0/s1. The van der Waals surface area contributed by atoms with Gasteiger partial charge in [-0.05, 0) is 55.7 Å². The van der Waals surface area contributed by atoms with Crippen LogP contribution in [0.2, 0.25) is 0 Å². The predicted molar refractivity (Wildman–Crippen MR) is 80.2 cm³/mol. The van der Waals surface area contributed by atoms with Gasteiger partial charge in [0, 0.05) is 25.0 Å². The van der Waals surface area contributed by atoms with Crippen LogP contribution in [-0.2, 0) is 4.79 Å². The van der Waals surface area contributed by atoms with E-state index in [4.69, 9.17) is 5.73 Å². The van der Waals surface area contributed by atoms with Crippen LogP contribution in [0.5, 0.6) is 0 Å². The fourth-order valence-electron chi connectivity index (χ4n) is 3.42. The van der Waals surface area contributed by atoms with Crippen molar-refractivity contribution in [2.75, 3.05) is 13.1 Å². The summed E-state index contributed by atoms with van der Waals surface area (Å²) in [6, 6.07) is 6.69. The average Bonchev–Trinajstić information content (AvgIpc) is 3.28. The van der Waals surface area contributed by atoms with Crippen LogP contribution in [0, 0.1) is 17.7 Å². The Kier molecular flexibility index (Phi) is 3.98. The molecule has 0 spiro atoms. The Morgan fingerprint density at radius 2 is 2.10 bits per heavy atom. The lowest BCUT2D eigenvalue weighted by Gasteiger charge is -2.34. The highest BCUT2D eigenvalue weighted by molar-refractivity contribution is 5.83. The number of carbonyl (C=O) groups excluding carboxylic acids is 1. The molecular formula is C17H23FN2O. The number of carbonyl (C=O) groups is 1. The van der Waals surface area contributed by atoms with Crippen molar-refractivity contribution in [2.24, 2.45) is 17.6 Å². The molecule has 0 aromatic heterocycles. The number of hydrogen-bond acceptors (Lipinski definition) is 2. The molecule has 1 saturated carbocycles. The van der Waals surface area contributed by atoms with Crippen molar-refractivity contribution < 1.29 is 9.18 Å². The molecule has 0 bridgehead atoms. The largest absolute Gasteiger partial charge is 0.342 e. The highest BCUT2D eigenvalue weighted by Crippen LogP contribution is 2.48. The van der Waals surface area contributed by atoms with Gasteiger partial charge < -0.3 is 10.6 Å². The molecule has 4 heteroatoms. The minimum atomic E-state index is -0.224. The number of piperidine rings is 1. The summed E-state index contributed by atoms with van der Waals surface area (Å²) in [4.78, 5) is 14.6. The lowest BCUT2D eigenvalue weighted by Crippen LogP contribution is -2.45. The van der Waals surface area contributed by atoms with Gasteiger partial charge in [0.15, 0.2) is 0 Å². The highest BCUT2D eigenvalue weighted by Gasteiger charge is 2.46. The van der Waals surface area contributed by atoms with E-state index in [1.54, 1.807) is 12.1 Å². The fourth-order valence-corrected chi connectivity index (χ4v) is 3.42. The number of likely N-dealkylation sites (tertiary alicyclic amines) is 1. The summed E-state index contributed by atoms with van der Waals surface area (Å²) in [5, 5.41) is 0. The van der Waals surface area contributed by atoms with E-state index in [2.05, 4.69) is 0 Å². The van der Waals surface area contributed by atoms with Crippen molar-refractivity contribution in [3.63, 3.8) is 0 Å². The van der Waals surface area contributed by atoms with Crippen molar-refractivity contribution >= 4 is 5.91 Å². The second kappa shape index (κ2) is 5.76. The Balaban J connectivity index is 1.61. The third-order valence-electron chi connectivity index (χ3n) is 4.92. The number of rotatable bonds is 3. The van der Waals surface area contributed by atoms with Crippen molar-refractivity contribution in [3.8, 4) is 0 Å². The molecule has 1 aromatic rings. The van der Waals surface area contributed by atoms with Gasteiger partial charge in [-0.1, -0.05) is 12.1 Å². The monoisotopic (exact) mass is 290 g/mol. The van der Waals surface area contributed by atoms with Crippen LogP contribution in [-0.4, -0.2) is 29.9 Å². The Morgan fingerprint density at radius 3 is 2.76 bits per heavy atom. The van der Waals surface area contributed by atoms with E-state index < -0.39 is 0 Å². The lowest BCUT2D eigenvalue weighted by molar-refractivity contribution is -0.134. The van der Waals surface area contributed by atoms with Gasteiger partial charge in [0.2, 0.25) is 5.91 Å². The van der Waals surface area contributed by atoms with Crippen LogP contribution in [0.15, 0.2) is 24.3 Å². The quantitative estimate of drug-likeness (QED) is 0.929. The number of hydrogen-bond donors (Lipinski definition) is 1. The number of nitrogens with zero attached hydrogens (tertiary/aromatic N) is 1. The van der Waals surface area contributed by atoms with E-state index in [1.807, 2.05) is 11.8 Å². The first-order valence-electron chi connectivity index (χ1n) is 7.86. The van der Waals surface area contributed by atoms with Gasteiger partial charge in [0.25, 0.3) is 0 Å². The summed E-state index contributed by atoms with van der Waals surface area (Å²) < 4.78 is 12.9. The van der Waals surface area contributed by atoms with Crippen LogP contribution in [0.4, 0.5) is 4.39 Å². The third-order valence-corrected chi connectivity index (χ3v) is 4.92. The molecule has 1 aromatic carbocycles. The van der Waals surface area contributed by atoms with Crippen LogP contribution < -0.4 is 5.73 Å². The number of benzene rings is 1. The summed E-state index contributed by atoms with van der Waals surface area (Å²) in [5.41, 5.74) is 7.06. The first-order chi connectivity index (χ1) is 10.1. The summed E-state index contributed by atoms with van der Waals surface area (Å²) in [6.45, 7) is 3.68. The molecular weight excluding hydrogens is 267 g/mol. The second-order valence-corrected chi connectivity index (χ2v) is 6.55. The topological polar surface area (TPSA) is 46.3 Å². The lowest BCUT2D eigenvalue weighted by atomic mass is 9.92. The SMILES string of the molecule is C[C@H](N)[C@@H]1CCCN(C(=O)[C@@H]2C[C@@H]2c2ccc(F)cc2)C1. The number of halogens is 1. The summed E-state index contributed by atoms with van der Waals surface area (Å²) in [5.74, 6) is 0.814. The van der Waals surface area contributed by atoms with Crippen LogP contribution in [0.1, 0.15) is 37.7 Å². The molecule has 2 aliphatic rings. The van der Waals surface area contributed by atoms with Crippen LogP contribution >= 0.6 is 0 Å². The minimum Gasteiger partial charge on any atom is -0.342 e. The molecule has 1 saturated heterocycles. The van der Waals surface area contributed by atoms with Gasteiger partial charge in [-0.25, -0.2) is 4.39 Å². The van der Waals surface area contributed by atoms with E-state index >= 15 is 0 Å². The maximum absolute atomic E-state index is 12.9. The molecule has 0 unspecified atom stereocenters. The molecule has 1 aliphatic heterocycles. The maximum Gasteiger partial charge on any atom is 0.226 e. The van der Waals surface area contributed by atoms with Crippen LogP contribution in [0.3, 0.4) is 0 Å². The first kappa shape index (κ1) is 14.5. The molecule has 1 heterocycles. The van der Waals surface area contributed by atoms with Crippen molar-refractivity contribution in [2.45, 2.75) is 38.1 Å². The fraction of sp³-hybridized carbons (Fsp3) is 0.588. The average molecular weight is 290 g/mol. The number of amides is 1. The van der Waals surface area contributed by atoms with Gasteiger partial charge in [0.1, 0.15) is 5.82 Å². The third kappa shape index (κ3) is 3.10. The molecule has 3 nitrogen and oxygen atoms in total. The van der Waals surface area contributed by atoms with Gasteiger partial charge in [-0.2, -0.15) is 0 Å². The minimum absolute atomic E-state index is 0.0855. The Morgan fingerprint density at radius 1 is 1.38 bits per heavy atom. The van der Waals surface area contributed by atoms with Crippen molar-refractivity contribution in [1.29, 1.82) is 0 Å². The van der Waals surface area contributed by atoms with Crippen molar-refractivity contribution in [3.05, 3.63) is 35.6 Å². The zero-order valence-electron chi connectivity index (χ0n) is 12.5. The highest BCUT2D eigenvalue weighted by atomic mass is 19.1. The Bertz CT molecular complexity index is 514. The molecule has 0 radical (unpaired) electrons. The molecule has 114 valence electrons. The first-order valence-corrected chi connectivity index (χ1v) is 7.86. The van der Waals surface area contributed by atoms with E-state index in [-0.39, 0.29) is 29.6 Å². The van der Waals surface area contributed by atoms with E-state index in [0.29, 0.717) is 5.92 Å². The molecule has 1 amide bonds. The van der Waals surface area contributed by atoms with E-state index in [9.17, 15) is 9.18 Å². The van der Waals surface area contributed by atoms with E-state index in [0.717, 1.165) is 37.9 Å². The molecule has 3 rings (SSSR count). The molecule has 2 fully saturated rings. The van der Waals surface area contributed by atoms with Gasteiger partial charge in [-0.15, -0.1) is 0 Å². The summed E-state index contributed by atoms with van der Waals surface area (Å²) >= 11 is 0. The predicted octanol–water partition coefficient (Wildman–Crippen LogP) is 2.52. The molecule has 4 atom stereocenters. The Labute approximate surface area is 125 Å². The zero-order chi connectivity index (χ0) is 15.0. The van der Waals surface area contributed by atoms with Gasteiger partial charge in [-0.3, -0.25) is 4.79 Å². The van der Waals surface area contributed by atoms with E-state index in [1.165, 1.54) is 12.1 Å². The molecule has 1 aliphatic carbocycles. The Hall–Kier alpha value is -1.42. The smallest absolute Gasteiger partial charge is 0.226 e. The van der Waals surface area contributed by atoms with Crippen LogP contribution in [0.25, 0.3) is 0 Å². The normalized spacial score (nSPS) is 30.0. The van der Waals surface area contributed by atoms with Crippen molar-refractivity contribution in [1.82, 2.24) is 4.90 Å². The summed E-state index contributed by atoms with van der Waals surface area (Å²) in [6.07, 6.45) is 3.06. The zero-order valence-corrected chi connectivity index (χ0v) is 12.5. The number of nitrogens with two attached hydrogens (primary N) is 1. The van der Waals surface area contributed by atoms with Gasteiger partial charge >= 0.3 is 0 Å². The maximum atomic E-state index is 12.9. The summed E-state index contributed by atoms with van der Waals surface area (Å²) in [7, 11) is 0.